The molecule has 190 valence electrons. The Labute approximate surface area is 211 Å². The van der Waals surface area contributed by atoms with Gasteiger partial charge >= 0.3 is 15.5 Å². The van der Waals surface area contributed by atoms with Crippen molar-refractivity contribution in [3.63, 3.8) is 0 Å². The number of thiazole rings is 1. The number of sulfonamides is 1. The van der Waals surface area contributed by atoms with Gasteiger partial charge in [-0.1, -0.05) is 38.3 Å². The molecule has 0 saturated heterocycles. The molecule has 13 heteroatoms. The number of halogens is 4. The van der Waals surface area contributed by atoms with E-state index in [9.17, 15) is 21.6 Å². The molecule has 0 aliphatic heterocycles. The smallest absolute Gasteiger partial charge is 0.341 e. The van der Waals surface area contributed by atoms with Gasteiger partial charge in [0.15, 0.2) is 0 Å². The van der Waals surface area contributed by atoms with Gasteiger partial charge in [0.1, 0.15) is 10.7 Å². The zero-order chi connectivity index (χ0) is 25.6. The highest BCUT2D eigenvalue weighted by Crippen LogP contribution is 2.35. The van der Waals surface area contributed by atoms with Crippen LogP contribution in [0.3, 0.4) is 0 Å². The van der Waals surface area contributed by atoms with Crippen molar-refractivity contribution in [1.29, 1.82) is 0 Å². The Balaban J connectivity index is 1.83. The molecule has 0 bridgehead atoms. The SMILES string of the molecule is CCCCN(CCCC)c1nccc(-c2nc(-c3ccc(NS(=O)(=O)C(F)(F)F)cc3Cl)cs2)n1. The second-order valence-electron chi connectivity index (χ2n) is 7.72. The van der Waals surface area contributed by atoms with E-state index in [2.05, 4.69) is 28.7 Å². The minimum absolute atomic E-state index is 0.0536. The lowest BCUT2D eigenvalue weighted by Gasteiger charge is -2.22. The molecule has 1 aromatic carbocycles. The van der Waals surface area contributed by atoms with Gasteiger partial charge in [-0.2, -0.15) is 21.6 Å². The predicted octanol–water partition coefficient (Wildman–Crippen LogP) is 6.59. The Bertz CT molecular complexity index is 1240. The highest BCUT2D eigenvalue weighted by atomic mass is 35.5. The number of nitrogens with zero attached hydrogens (tertiary/aromatic N) is 4. The van der Waals surface area contributed by atoms with E-state index < -0.39 is 15.5 Å². The molecule has 1 N–H and O–H groups in total. The first-order valence-electron chi connectivity index (χ1n) is 11.0. The van der Waals surface area contributed by atoms with Crippen molar-refractivity contribution in [2.75, 3.05) is 22.7 Å². The van der Waals surface area contributed by atoms with Gasteiger partial charge in [0.25, 0.3) is 0 Å². The molecule has 2 aromatic heterocycles. The van der Waals surface area contributed by atoms with Gasteiger partial charge in [0.05, 0.1) is 16.4 Å². The Morgan fingerprint density at radius 1 is 1.06 bits per heavy atom. The van der Waals surface area contributed by atoms with Crippen LogP contribution in [0.5, 0.6) is 0 Å². The Kier molecular flexibility index (Phi) is 8.94. The fourth-order valence-corrected chi connectivity index (χ4v) is 4.76. The highest BCUT2D eigenvalue weighted by molar-refractivity contribution is 7.93. The van der Waals surface area contributed by atoms with E-state index in [4.69, 9.17) is 16.6 Å². The summed E-state index contributed by atoms with van der Waals surface area (Å²) in [4.78, 5) is 15.9. The van der Waals surface area contributed by atoms with E-state index in [1.54, 1.807) is 17.6 Å². The monoisotopic (exact) mass is 547 g/mol. The van der Waals surface area contributed by atoms with Crippen LogP contribution in [0.2, 0.25) is 5.02 Å². The van der Waals surface area contributed by atoms with Crippen LogP contribution in [0, 0.1) is 0 Å². The average Bonchev–Trinajstić information content (AvgIpc) is 3.28. The van der Waals surface area contributed by atoms with E-state index in [0.29, 0.717) is 27.9 Å². The zero-order valence-electron chi connectivity index (χ0n) is 19.1. The minimum atomic E-state index is -5.54. The number of alkyl halides is 3. The van der Waals surface area contributed by atoms with Crippen LogP contribution < -0.4 is 9.62 Å². The number of hydrogen-bond donors (Lipinski definition) is 1. The van der Waals surface area contributed by atoms with Crippen molar-refractivity contribution >= 4 is 44.6 Å². The lowest BCUT2D eigenvalue weighted by atomic mass is 10.1. The van der Waals surface area contributed by atoms with Crippen molar-refractivity contribution in [3.05, 3.63) is 40.9 Å². The highest BCUT2D eigenvalue weighted by Gasteiger charge is 2.46. The van der Waals surface area contributed by atoms with E-state index >= 15 is 0 Å². The first-order valence-corrected chi connectivity index (χ1v) is 13.7. The molecule has 0 aliphatic carbocycles. The number of nitrogens with one attached hydrogen (secondary N) is 1. The molecule has 0 amide bonds. The number of unbranched alkanes of at least 4 members (excludes halogenated alkanes) is 2. The van der Waals surface area contributed by atoms with E-state index in [0.717, 1.165) is 44.8 Å². The molecule has 0 saturated carbocycles. The third-order valence-corrected chi connectivity index (χ3v) is 7.31. The Hall–Kier alpha value is -2.44. The number of hydrogen-bond acceptors (Lipinski definition) is 7. The van der Waals surface area contributed by atoms with Gasteiger partial charge in [-0.3, -0.25) is 4.72 Å². The summed E-state index contributed by atoms with van der Waals surface area (Å²) in [7, 11) is -5.54. The lowest BCUT2D eigenvalue weighted by Crippen LogP contribution is -2.29. The lowest BCUT2D eigenvalue weighted by molar-refractivity contribution is -0.0429. The van der Waals surface area contributed by atoms with Gasteiger partial charge in [-0.15, -0.1) is 11.3 Å². The normalized spacial score (nSPS) is 12.1. The zero-order valence-corrected chi connectivity index (χ0v) is 21.5. The summed E-state index contributed by atoms with van der Waals surface area (Å²) in [5.41, 5.74) is -4.14. The van der Waals surface area contributed by atoms with E-state index in [1.807, 2.05) is 0 Å². The van der Waals surface area contributed by atoms with Gasteiger partial charge < -0.3 is 4.90 Å². The maximum Gasteiger partial charge on any atom is 0.516 e. The first kappa shape index (κ1) is 27.2. The maximum atomic E-state index is 12.6. The standard InChI is InChI=1S/C22H25ClF3N5O2S2/c1-3-5-11-31(12-6-4-2)21-27-10-9-18(29-21)20-28-19(14-34-20)16-8-7-15(13-17(16)23)30-35(32,33)22(24,25)26/h7-10,13-14,30H,3-6,11-12H2,1-2H3. The van der Waals surface area contributed by atoms with E-state index in [1.165, 1.54) is 28.2 Å². The summed E-state index contributed by atoms with van der Waals surface area (Å²) in [6.07, 6.45) is 5.89. The fourth-order valence-electron chi connectivity index (χ4n) is 3.14. The summed E-state index contributed by atoms with van der Waals surface area (Å²) < 4.78 is 62.0. The summed E-state index contributed by atoms with van der Waals surface area (Å²) in [6.45, 7) is 6.00. The molecular weight excluding hydrogens is 523 g/mol. The van der Waals surface area contributed by atoms with Crippen LogP contribution in [0.25, 0.3) is 22.0 Å². The number of aromatic nitrogens is 3. The molecule has 0 aliphatic rings. The summed E-state index contributed by atoms with van der Waals surface area (Å²) in [6, 6.07) is 5.49. The second kappa shape index (κ2) is 11.5. The van der Waals surface area contributed by atoms with Gasteiger partial charge in [0, 0.05) is 30.2 Å². The molecule has 3 rings (SSSR count). The third-order valence-electron chi connectivity index (χ3n) is 5.01. The van der Waals surface area contributed by atoms with Crippen LogP contribution in [0.4, 0.5) is 24.8 Å². The van der Waals surface area contributed by atoms with Crippen molar-refractivity contribution < 1.29 is 21.6 Å². The summed E-state index contributed by atoms with van der Waals surface area (Å²) in [5, 5.41) is 2.44. The first-order chi connectivity index (χ1) is 16.6. The molecule has 7 nitrogen and oxygen atoms in total. The van der Waals surface area contributed by atoms with Crippen LogP contribution in [-0.2, 0) is 10.0 Å². The van der Waals surface area contributed by atoms with Gasteiger partial charge in [-0.05, 0) is 37.1 Å². The van der Waals surface area contributed by atoms with E-state index in [-0.39, 0.29) is 10.7 Å². The molecular formula is C22H25ClF3N5O2S2. The number of rotatable bonds is 11. The molecule has 3 aromatic rings. The Morgan fingerprint density at radius 3 is 2.34 bits per heavy atom. The van der Waals surface area contributed by atoms with Crippen molar-refractivity contribution in [1.82, 2.24) is 15.0 Å². The van der Waals surface area contributed by atoms with Crippen molar-refractivity contribution in [2.24, 2.45) is 0 Å². The molecule has 0 atom stereocenters. The maximum absolute atomic E-state index is 12.6. The number of benzene rings is 1. The van der Waals surface area contributed by atoms with Crippen LogP contribution in [0.1, 0.15) is 39.5 Å². The molecule has 0 spiro atoms. The molecule has 0 unspecified atom stereocenters. The summed E-state index contributed by atoms with van der Waals surface area (Å²) in [5.74, 6) is 0.639. The molecule has 0 radical (unpaired) electrons. The Morgan fingerprint density at radius 2 is 1.74 bits per heavy atom. The van der Waals surface area contributed by atoms with Gasteiger partial charge in [-0.25, -0.2) is 15.0 Å². The minimum Gasteiger partial charge on any atom is -0.341 e. The number of anilines is 2. The molecule has 35 heavy (non-hydrogen) atoms. The quantitative estimate of drug-likeness (QED) is 0.291. The fraction of sp³-hybridized carbons (Fsp3) is 0.409. The van der Waals surface area contributed by atoms with Crippen molar-refractivity contribution in [2.45, 2.75) is 45.0 Å². The summed E-state index contributed by atoms with van der Waals surface area (Å²) >= 11 is 7.58. The second-order valence-corrected chi connectivity index (χ2v) is 10.7. The van der Waals surface area contributed by atoms with Crippen LogP contribution in [0.15, 0.2) is 35.8 Å². The van der Waals surface area contributed by atoms with Crippen molar-refractivity contribution in [3.8, 4) is 22.0 Å². The van der Waals surface area contributed by atoms with Crippen LogP contribution in [-0.4, -0.2) is 42.0 Å². The predicted molar refractivity (Wildman–Crippen MR) is 134 cm³/mol. The topological polar surface area (TPSA) is 88.1 Å². The average molecular weight is 548 g/mol. The van der Waals surface area contributed by atoms with Crippen LogP contribution >= 0.6 is 22.9 Å². The van der Waals surface area contributed by atoms with Gasteiger partial charge in [0.2, 0.25) is 5.95 Å². The molecule has 0 fully saturated rings. The third kappa shape index (κ3) is 6.83. The largest absolute Gasteiger partial charge is 0.516 e. The molecule has 2 heterocycles.